The van der Waals surface area contributed by atoms with Gasteiger partial charge in [0.05, 0.1) is 11.0 Å². The molecule has 0 fully saturated rings. The molecule has 0 amide bonds. The van der Waals surface area contributed by atoms with Crippen LogP contribution >= 0.6 is 15.9 Å². The highest BCUT2D eigenvalue weighted by Crippen LogP contribution is 2.36. The first kappa shape index (κ1) is 19.4. The molecule has 0 spiro atoms. The first-order valence-electron chi connectivity index (χ1n) is 8.45. The maximum atomic E-state index is 6.32. The third-order valence-corrected chi connectivity index (χ3v) is 10.3. The standard InChI is InChI=1S/C19H29BrN2OSi/c1-14-10-17-18(11-15(14)2)22(13-21-17)16(12-20)8-9-23-24(6,7)19(3,4)5/h10-13H,8-9H2,1-7H3/b16-12-. The van der Waals surface area contributed by atoms with Gasteiger partial charge in [0, 0.05) is 23.7 Å². The van der Waals surface area contributed by atoms with Crippen LogP contribution in [0.4, 0.5) is 0 Å². The fraction of sp³-hybridized carbons (Fsp3) is 0.526. The van der Waals surface area contributed by atoms with Crippen LogP contribution in [0.1, 0.15) is 38.3 Å². The smallest absolute Gasteiger partial charge is 0.191 e. The quantitative estimate of drug-likeness (QED) is 0.545. The molecule has 0 aliphatic heterocycles. The van der Waals surface area contributed by atoms with Crippen molar-refractivity contribution < 1.29 is 4.43 Å². The molecule has 0 radical (unpaired) electrons. The van der Waals surface area contributed by atoms with Crippen molar-refractivity contribution in [1.82, 2.24) is 9.55 Å². The number of hydrogen-bond acceptors (Lipinski definition) is 2. The van der Waals surface area contributed by atoms with Gasteiger partial charge in [0.15, 0.2) is 8.32 Å². The van der Waals surface area contributed by atoms with E-state index in [-0.39, 0.29) is 5.04 Å². The first-order valence-corrected chi connectivity index (χ1v) is 12.3. The second-order valence-corrected chi connectivity index (χ2v) is 13.3. The molecule has 0 atom stereocenters. The van der Waals surface area contributed by atoms with E-state index < -0.39 is 8.32 Å². The summed E-state index contributed by atoms with van der Waals surface area (Å²) in [5, 5.41) is 0.238. The molecule has 2 rings (SSSR count). The second kappa shape index (κ2) is 7.14. The van der Waals surface area contributed by atoms with Gasteiger partial charge in [-0.1, -0.05) is 36.7 Å². The lowest BCUT2D eigenvalue weighted by molar-refractivity contribution is 0.295. The van der Waals surface area contributed by atoms with Crippen molar-refractivity contribution in [2.24, 2.45) is 0 Å². The Morgan fingerprint density at radius 2 is 1.88 bits per heavy atom. The molecule has 0 unspecified atom stereocenters. The van der Waals surface area contributed by atoms with Crippen LogP contribution in [0.15, 0.2) is 23.4 Å². The Bertz CT molecular complexity index is 757. The molecule has 132 valence electrons. The van der Waals surface area contributed by atoms with Crippen LogP contribution in [0.3, 0.4) is 0 Å². The van der Waals surface area contributed by atoms with E-state index in [2.05, 4.69) is 85.3 Å². The zero-order chi connectivity index (χ0) is 18.1. The molecule has 0 saturated carbocycles. The maximum Gasteiger partial charge on any atom is 0.191 e. The number of fused-ring (bicyclic) bond motifs is 1. The van der Waals surface area contributed by atoms with Gasteiger partial charge in [0.2, 0.25) is 0 Å². The SMILES string of the molecule is Cc1cc2ncn(/C(=C\Br)CCO[Si](C)(C)C(C)(C)C)c2cc1C. The number of hydrogen-bond donors (Lipinski definition) is 0. The van der Waals surface area contributed by atoms with Crippen LogP contribution in [0, 0.1) is 13.8 Å². The normalized spacial score (nSPS) is 13.8. The van der Waals surface area contributed by atoms with Crippen LogP contribution in [-0.4, -0.2) is 24.5 Å². The van der Waals surface area contributed by atoms with E-state index in [1.807, 2.05) is 11.3 Å². The summed E-state index contributed by atoms with van der Waals surface area (Å²) in [5.41, 5.74) is 5.92. The third-order valence-electron chi connectivity index (χ3n) is 5.23. The minimum absolute atomic E-state index is 0.238. The summed E-state index contributed by atoms with van der Waals surface area (Å²) in [4.78, 5) is 6.54. The van der Waals surface area contributed by atoms with Crippen LogP contribution in [0.25, 0.3) is 16.7 Å². The predicted octanol–water partition coefficient (Wildman–Crippen LogP) is 6.26. The Morgan fingerprint density at radius 1 is 1.25 bits per heavy atom. The van der Waals surface area contributed by atoms with Gasteiger partial charge in [-0.3, -0.25) is 0 Å². The fourth-order valence-electron chi connectivity index (χ4n) is 2.35. The highest BCUT2D eigenvalue weighted by Gasteiger charge is 2.36. The van der Waals surface area contributed by atoms with Crippen LogP contribution < -0.4 is 0 Å². The Balaban J connectivity index is 2.17. The van der Waals surface area contributed by atoms with E-state index in [1.54, 1.807) is 0 Å². The summed E-state index contributed by atoms with van der Waals surface area (Å²) in [6, 6.07) is 4.36. The minimum atomic E-state index is -1.71. The van der Waals surface area contributed by atoms with Crippen molar-refractivity contribution in [3.05, 3.63) is 34.6 Å². The number of aryl methyl sites for hydroxylation is 2. The maximum absolute atomic E-state index is 6.32. The summed E-state index contributed by atoms with van der Waals surface area (Å²) >= 11 is 3.52. The van der Waals surface area contributed by atoms with Crippen molar-refractivity contribution in [3.8, 4) is 0 Å². The fourth-order valence-corrected chi connectivity index (χ4v) is 3.84. The zero-order valence-electron chi connectivity index (χ0n) is 15.9. The number of aromatic nitrogens is 2. The predicted molar refractivity (Wildman–Crippen MR) is 110 cm³/mol. The lowest BCUT2D eigenvalue weighted by Gasteiger charge is -2.36. The number of halogens is 1. The van der Waals surface area contributed by atoms with Crippen molar-refractivity contribution in [2.75, 3.05) is 6.61 Å². The lowest BCUT2D eigenvalue weighted by atomic mass is 10.1. The topological polar surface area (TPSA) is 27.1 Å². The summed E-state index contributed by atoms with van der Waals surface area (Å²) in [5.74, 6) is 0. The minimum Gasteiger partial charge on any atom is -0.416 e. The second-order valence-electron chi connectivity index (χ2n) is 8.00. The summed E-state index contributed by atoms with van der Waals surface area (Å²) in [6.45, 7) is 16.4. The first-order chi connectivity index (χ1) is 11.1. The molecule has 3 nitrogen and oxygen atoms in total. The highest BCUT2D eigenvalue weighted by atomic mass is 79.9. The highest BCUT2D eigenvalue weighted by molar-refractivity contribution is 9.11. The van der Waals surface area contributed by atoms with Crippen molar-refractivity contribution >= 4 is 41.0 Å². The molecular weight excluding hydrogens is 380 g/mol. The molecule has 0 aliphatic carbocycles. The average Bonchev–Trinajstić information content (AvgIpc) is 2.85. The van der Waals surface area contributed by atoms with E-state index in [4.69, 9.17) is 4.43 Å². The molecule has 1 heterocycles. The van der Waals surface area contributed by atoms with E-state index >= 15 is 0 Å². The average molecular weight is 409 g/mol. The van der Waals surface area contributed by atoms with Crippen molar-refractivity contribution in [1.29, 1.82) is 0 Å². The van der Waals surface area contributed by atoms with E-state index in [0.29, 0.717) is 0 Å². The van der Waals surface area contributed by atoms with Gasteiger partial charge in [-0.25, -0.2) is 4.98 Å². The van der Waals surface area contributed by atoms with Gasteiger partial charge < -0.3 is 8.99 Å². The Morgan fingerprint density at radius 3 is 2.46 bits per heavy atom. The van der Waals surface area contributed by atoms with Gasteiger partial charge in [-0.05, 0) is 55.2 Å². The number of benzene rings is 1. The third kappa shape index (κ3) is 4.01. The van der Waals surface area contributed by atoms with Crippen LogP contribution in [0.5, 0.6) is 0 Å². The number of imidazole rings is 1. The van der Waals surface area contributed by atoms with Gasteiger partial charge in [0.25, 0.3) is 0 Å². The molecule has 1 aromatic heterocycles. The van der Waals surface area contributed by atoms with Crippen LogP contribution in [0.2, 0.25) is 18.1 Å². The zero-order valence-corrected chi connectivity index (χ0v) is 18.5. The molecule has 5 heteroatoms. The molecule has 0 saturated heterocycles. The van der Waals surface area contributed by atoms with E-state index in [0.717, 1.165) is 24.1 Å². The van der Waals surface area contributed by atoms with Crippen LogP contribution in [-0.2, 0) is 4.43 Å². The van der Waals surface area contributed by atoms with E-state index in [1.165, 1.54) is 16.8 Å². The number of nitrogens with zero attached hydrogens (tertiary/aromatic N) is 2. The summed E-state index contributed by atoms with van der Waals surface area (Å²) in [7, 11) is -1.71. The molecule has 0 N–H and O–H groups in total. The Labute approximate surface area is 155 Å². The van der Waals surface area contributed by atoms with Gasteiger partial charge in [-0.15, -0.1) is 0 Å². The molecule has 2 aromatic rings. The molecule has 1 aromatic carbocycles. The summed E-state index contributed by atoms with van der Waals surface area (Å²) in [6.07, 6.45) is 2.76. The van der Waals surface area contributed by atoms with Gasteiger partial charge in [0.1, 0.15) is 6.33 Å². The van der Waals surface area contributed by atoms with Gasteiger partial charge in [-0.2, -0.15) is 0 Å². The number of rotatable bonds is 5. The molecular formula is C19H29BrN2OSi. The molecule has 24 heavy (non-hydrogen) atoms. The molecule has 0 aliphatic rings. The lowest BCUT2D eigenvalue weighted by Crippen LogP contribution is -2.41. The van der Waals surface area contributed by atoms with Crippen molar-refractivity contribution in [3.63, 3.8) is 0 Å². The molecule has 0 bridgehead atoms. The Kier molecular flexibility index (Phi) is 5.78. The largest absolute Gasteiger partial charge is 0.416 e. The van der Waals surface area contributed by atoms with Crippen molar-refractivity contribution in [2.45, 2.75) is 59.2 Å². The summed E-state index contributed by atoms with van der Waals surface area (Å²) < 4.78 is 8.48. The monoisotopic (exact) mass is 408 g/mol. The van der Waals surface area contributed by atoms with E-state index in [9.17, 15) is 0 Å². The van der Waals surface area contributed by atoms with Gasteiger partial charge >= 0.3 is 0 Å². The Hall–Kier alpha value is -0.913.